The molecule has 0 fully saturated rings. The van der Waals surface area contributed by atoms with Crippen LogP contribution in [0.25, 0.3) is 11.0 Å². The molecule has 0 saturated heterocycles. The number of nitrogens with one attached hydrogen (secondary N) is 1. The number of hydrogen-bond acceptors (Lipinski definition) is 3. The Hall–Kier alpha value is -1.17. The van der Waals surface area contributed by atoms with Crippen LogP contribution in [0.2, 0.25) is 0 Å². The third kappa shape index (κ3) is 1.77. The van der Waals surface area contributed by atoms with Crippen LogP contribution >= 0.6 is 0 Å². The van der Waals surface area contributed by atoms with Gasteiger partial charge in [0, 0.05) is 11.0 Å². The summed E-state index contributed by atoms with van der Waals surface area (Å²) in [6, 6.07) is 8.17. The van der Waals surface area contributed by atoms with Crippen molar-refractivity contribution >= 4 is 11.0 Å². The van der Waals surface area contributed by atoms with Crippen LogP contribution in [0.1, 0.15) is 0 Å². The molecule has 0 atom stereocenters. The summed E-state index contributed by atoms with van der Waals surface area (Å²) in [6.07, 6.45) is 0. The standard InChI is InChI=1S/C9H7NO2.Li/c10-7-5-9(11)12-8-4-2-1-3-6(7)8;/h1-5,10-11H;/q;+1/p-1. The molecule has 2 aromatic rings. The summed E-state index contributed by atoms with van der Waals surface area (Å²) in [5.74, 6) is -0.473. The zero-order valence-corrected chi connectivity index (χ0v) is 7.20. The van der Waals surface area contributed by atoms with Gasteiger partial charge in [-0.1, -0.05) is 18.2 Å². The van der Waals surface area contributed by atoms with Gasteiger partial charge in [0.25, 0.3) is 0 Å². The van der Waals surface area contributed by atoms with E-state index in [9.17, 15) is 5.11 Å². The van der Waals surface area contributed by atoms with E-state index in [1.54, 1.807) is 24.3 Å². The third-order valence-electron chi connectivity index (χ3n) is 1.65. The summed E-state index contributed by atoms with van der Waals surface area (Å²) >= 11 is 0. The molecule has 0 unspecified atom stereocenters. The monoisotopic (exact) mass is 167 g/mol. The first-order valence-electron chi connectivity index (χ1n) is 3.52. The maximum Gasteiger partial charge on any atom is 1.00 e. The van der Waals surface area contributed by atoms with E-state index >= 15 is 0 Å². The van der Waals surface area contributed by atoms with E-state index in [1.165, 1.54) is 6.07 Å². The molecule has 0 spiro atoms. The topological polar surface area (TPSA) is 60.0 Å². The molecule has 0 aliphatic heterocycles. The van der Waals surface area contributed by atoms with E-state index in [0.717, 1.165) is 0 Å². The Morgan fingerprint density at radius 1 is 1.23 bits per heavy atom. The minimum atomic E-state index is -0.473. The molecule has 1 heterocycles. The molecular formula is C9H6LiNO2. The molecule has 60 valence electrons. The van der Waals surface area contributed by atoms with Crippen molar-refractivity contribution in [1.82, 2.24) is 0 Å². The van der Waals surface area contributed by atoms with Gasteiger partial charge in [-0.2, -0.15) is 0 Å². The van der Waals surface area contributed by atoms with Crippen LogP contribution in [-0.2, 0) is 0 Å². The Morgan fingerprint density at radius 3 is 2.69 bits per heavy atom. The Bertz CT molecular complexity index is 478. The molecule has 3 nitrogen and oxygen atoms in total. The summed E-state index contributed by atoms with van der Waals surface area (Å²) in [6.45, 7) is 0. The Kier molecular flexibility index (Phi) is 2.82. The summed E-state index contributed by atoms with van der Waals surface area (Å²) in [4.78, 5) is 0. The first-order chi connectivity index (χ1) is 5.77. The van der Waals surface area contributed by atoms with Crippen LogP contribution in [0, 0.1) is 5.41 Å². The second-order valence-corrected chi connectivity index (χ2v) is 2.48. The average molecular weight is 167 g/mol. The van der Waals surface area contributed by atoms with E-state index < -0.39 is 5.95 Å². The summed E-state index contributed by atoms with van der Waals surface area (Å²) in [5, 5.41) is 19.1. The molecule has 4 heteroatoms. The van der Waals surface area contributed by atoms with Gasteiger partial charge in [0.15, 0.2) is 0 Å². The Morgan fingerprint density at radius 2 is 1.92 bits per heavy atom. The first kappa shape index (κ1) is 9.91. The molecule has 1 aromatic carbocycles. The summed E-state index contributed by atoms with van der Waals surface area (Å²) in [7, 11) is 0. The van der Waals surface area contributed by atoms with Gasteiger partial charge < -0.3 is 14.9 Å². The normalized spacial score (nSPS) is 9.54. The fourth-order valence-corrected chi connectivity index (χ4v) is 1.11. The van der Waals surface area contributed by atoms with Crippen LogP contribution in [-0.4, -0.2) is 0 Å². The van der Waals surface area contributed by atoms with Gasteiger partial charge >= 0.3 is 18.9 Å². The third-order valence-corrected chi connectivity index (χ3v) is 1.65. The van der Waals surface area contributed by atoms with Crippen molar-refractivity contribution in [2.45, 2.75) is 0 Å². The van der Waals surface area contributed by atoms with Crippen molar-refractivity contribution in [1.29, 1.82) is 5.41 Å². The number of benzene rings is 1. The number of fused-ring (bicyclic) bond motifs is 1. The predicted octanol–water partition coefficient (Wildman–Crippen LogP) is -2.01. The molecule has 0 bridgehead atoms. The first-order valence-corrected chi connectivity index (χ1v) is 3.52. The van der Waals surface area contributed by atoms with Gasteiger partial charge in [0.05, 0.1) is 11.3 Å². The van der Waals surface area contributed by atoms with E-state index in [2.05, 4.69) is 0 Å². The number of para-hydroxylation sites is 1. The van der Waals surface area contributed by atoms with Gasteiger partial charge in [0.1, 0.15) is 0 Å². The smallest absolute Gasteiger partial charge is 0.579 e. The SMILES string of the molecule is N=c1cc([O-])oc2ccccc12.[Li+]. The molecule has 0 radical (unpaired) electrons. The molecule has 0 aliphatic rings. The molecule has 2 rings (SSSR count). The van der Waals surface area contributed by atoms with Crippen molar-refractivity contribution in [3.05, 3.63) is 35.7 Å². The van der Waals surface area contributed by atoms with Crippen LogP contribution in [0.15, 0.2) is 34.7 Å². The minimum absolute atomic E-state index is 0. The fourth-order valence-electron chi connectivity index (χ4n) is 1.11. The predicted molar refractivity (Wildman–Crippen MR) is 41.5 cm³/mol. The quantitative estimate of drug-likeness (QED) is 0.461. The number of hydrogen-bond donors (Lipinski definition) is 1. The van der Waals surface area contributed by atoms with E-state index in [-0.39, 0.29) is 24.2 Å². The molecule has 0 aliphatic carbocycles. The van der Waals surface area contributed by atoms with E-state index in [4.69, 9.17) is 9.83 Å². The van der Waals surface area contributed by atoms with Crippen molar-refractivity contribution in [3.63, 3.8) is 0 Å². The second-order valence-electron chi connectivity index (χ2n) is 2.48. The Labute approximate surface area is 86.7 Å². The van der Waals surface area contributed by atoms with E-state index in [1.807, 2.05) is 0 Å². The van der Waals surface area contributed by atoms with Crippen molar-refractivity contribution in [2.24, 2.45) is 0 Å². The second kappa shape index (κ2) is 3.69. The Balaban J connectivity index is 0.000000845. The maximum atomic E-state index is 10.8. The maximum absolute atomic E-state index is 10.8. The molecule has 0 amide bonds. The largest absolute Gasteiger partial charge is 1.00 e. The summed E-state index contributed by atoms with van der Waals surface area (Å²) in [5.41, 5.74) is 0.468. The van der Waals surface area contributed by atoms with Crippen LogP contribution in [0.3, 0.4) is 0 Å². The fraction of sp³-hybridized carbons (Fsp3) is 0. The zero-order chi connectivity index (χ0) is 8.55. The van der Waals surface area contributed by atoms with Crippen LogP contribution in [0.5, 0.6) is 5.95 Å². The van der Waals surface area contributed by atoms with Gasteiger partial charge in [-0.3, -0.25) is 0 Å². The van der Waals surface area contributed by atoms with Crippen LogP contribution < -0.4 is 29.3 Å². The van der Waals surface area contributed by atoms with Gasteiger partial charge in [-0.25, -0.2) is 0 Å². The molecule has 13 heavy (non-hydrogen) atoms. The number of rotatable bonds is 0. The van der Waals surface area contributed by atoms with Crippen LogP contribution in [0.4, 0.5) is 0 Å². The average Bonchev–Trinajstić information content (AvgIpc) is 2.04. The van der Waals surface area contributed by atoms with Gasteiger partial charge in [-0.05, 0) is 12.1 Å². The van der Waals surface area contributed by atoms with Gasteiger partial charge in [0.2, 0.25) is 0 Å². The molecular weight excluding hydrogens is 161 g/mol. The van der Waals surface area contributed by atoms with Crippen molar-refractivity contribution in [3.8, 4) is 5.95 Å². The summed E-state index contributed by atoms with van der Waals surface area (Å²) < 4.78 is 4.87. The zero-order valence-electron chi connectivity index (χ0n) is 7.20. The molecule has 1 aromatic heterocycles. The minimum Gasteiger partial charge on any atom is -0.579 e. The molecule has 0 saturated carbocycles. The van der Waals surface area contributed by atoms with Crippen molar-refractivity contribution < 1.29 is 28.4 Å². The van der Waals surface area contributed by atoms with E-state index in [0.29, 0.717) is 11.0 Å². The van der Waals surface area contributed by atoms with Gasteiger partial charge in [-0.15, -0.1) is 0 Å². The van der Waals surface area contributed by atoms with Crippen molar-refractivity contribution in [2.75, 3.05) is 0 Å². The molecule has 1 N–H and O–H groups in total.